The van der Waals surface area contributed by atoms with Gasteiger partial charge in [0.1, 0.15) is 0 Å². The number of ether oxygens (including phenoxy) is 1. The molecule has 2 unspecified atom stereocenters. The Balaban J connectivity index is 2.20. The summed E-state index contributed by atoms with van der Waals surface area (Å²) in [5.41, 5.74) is 0.820. The lowest BCUT2D eigenvalue weighted by atomic mass is 10.1. The molecule has 1 aromatic carbocycles. The van der Waals surface area contributed by atoms with Crippen molar-refractivity contribution in [2.24, 2.45) is 5.92 Å². The van der Waals surface area contributed by atoms with Crippen LogP contribution < -0.4 is 4.72 Å². The Labute approximate surface area is 111 Å². The SMILES string of the molecule is Cc1cccc(S(=O)(=O)NC2COCC2C(=O)O)c1. The molecule has 2 N–H and O–H groups in total. The molecule has 104 valence electrons. The summed E-state index contributed by atoms with van der Waals surface area (Å²) in [5.74, 6) is -1.91. The first-order valence-electron chi connectivity index (χ1n) is 5.80. The van der Waals surface area contributed by atoms with Gasteiger partial charge in [-0.3, -0.25) is 4.79 Å². The number of hydrogen-bond acceptors (Lipinski definition) is 4. The summed E-state index contributed by atoms with van der Waals surface area (Å²) < 4.78 is 31.7. The first-order chi connectivity index (χ1) is 8.90. The van der Waals surface area contributed by atoms with E-state index >= 15 is 0 Å². The van der Waals surface area contributed by atoms with E-state index in [0.29, 0.717) is 0 Å². The minimum atomic E-state index is -3.73. The van der Waals surface area contributed by atoms with Crippen LogP contribution in [-0.4, -0.2) is 38.7 Å². The van der Waals surface area contributed by atoms with Gasteiger partial charge in [-0.1, -0.05) is 12.1 Å². The number of sulfonamides is 1. The number of rotatable bonds is 4. The molecule has 7 heteroatoms. The predicted octanol–water partition coefficient (Wildman–Crippen LogP) is 0.373. The van der Waals surface area contributed by atoms with E-state index in [0.717, 1.165) is 5.56 Å². The van der Waals surface area contributed by atoms with Gasteiger partial charge in [-0.2, -0.15) is 0 Å². The Morgan fingerprint density at radius 2 is 2.16 bits per heavy atom. The third-order valence-corrected chi connectivity index (χ3v) is 4.49. The summed E-state index contributed by atoms with van der Waals surface area (Å²) in [4.78, 5) is 11.1. The molecule has 1 saturated heterocycles. The number of nitrogens with one attached hydrogen (secondary N) is 1. The van der Waals surface area contributed by atoms with Gasteiger partial charge in [0.25, 0.3) is 0 Å². The molecule has 0 bridgehead atoms. The summed E-state index contributed by atoms with van der Waals surface area (Å²) in [5, 5.41) is 8.98. The molecule has 1 fully saturated rings. The van der Waals surface area contributed by atoms with E-state index in [2.05, 4.69) is 4.72 Å². The number of carboxylic acids is 1. The number of carboxylic acid groups (broad SMARTS) is 1. The topological polar surface area (TPSA) is 92.7 Å². The van der Waals surface area contributed by atoms with E-state index in [1.807, 2.05) is 0 Å². The van der Waals surface area contributed by atoms with E-state index in [1.165, 1.54) is 12.1 Å². The zero-order valence-corrected chi connectivity index (χ0v) is 11.2. The van der Waals surface area contributed by atoms with Crippen molar-refractivity contribution in [3.8, 4) is 0 Å². The second-order valence-electron chi connectivity index (χ2n) is 4.53. The minimum Gasteiger partial charge on any atom is -0.481 e. The number of aryl methyl sites for hydroxylation is 1. The highest BCUT2D eigenvalue weighted by atomic mass is 32.2. The molecule has 0 amide bonds. The quantitative estimate of drug-likeness (QED) is 0.834. The molecule has 1 aliphatic rings. The highest BCUT2D eigenvalue weighted by molar-refractivity contribution is 7.89. The summed E-state index contributed by atoms with van der Waals surface area (Å²) in [6.07, 6.45) is 0. The average Bonchev–Trinajstić information content (AvgIpc) is 2.76. The standard InChI is InChI=1S/C12H15NO5S/c1-8-3-2-4-9(5-8)19(16,17)13-11-7-18-6-10(11)12(14)15/h2-5,10-11,13H,6-7H2,1H3,(H,14,15). The fourth-order valence-corrected chi connectivity index (χ4v) is 3.33. The largest absolute Gasteiger partial charge is 0.481 e. The van der Waals surface area contributed by atoms with Crippen LogP contribution in [-0.2, 0) is 19.6 Å². The van der Waals surface area contributed by atoms with E-state index in [1.54, 1.807) is 19.1 Å². The van der Waals surface area contributed by atoms with Crippen LogP contribution in [0.3, 0.4) is 0 Å². The normalized spacial score (nSPS) is 23.4. The van der Waals surface area contributed by atoms with Gasteiger partial charge < -0.3 is 9.84 Å². The molecule has 2 atom stereocenters. The molecular weight excluding hydrogens is 270 g/mol. The summed E-state index contributed by atoms with van der Waals surface area (Å²) in [7, 11) is -3.73. The lowest BCUT2D eigenvalue weighted by Gasteiger charge is -2.16. The van der Waals surface area contributed by atoms with Crippen LogP contribution in [0.15, 0.2) is 29.2 Å². The van der Waals surface area contributed by atoms with Crippen LogP contribution in [0.4, 0.5) is 0 Å². The Morgan fingerprint density at radius 1 is 1.42 bits per heavy atom. The Bertz CT molecular complexity index is 584. The van der Waals surface area contributed by atoms with E-state index in [-0.39, 0.29) is 18.1 Å². The van der Waals surface area contributed by atoms with Gasteiger partial charge in [-0.05, 0) is 24.6 Å². The number of aliphatic carboxylic acids is 1. The Hall–Kier alpha value is -1.44. The van der Waals surface area contributed by atoms with Crippen molar-refractivity contribution < 1.29 is 23.1 Å². The average molecular weight is 285 g/mol. The second kappa shape index (κ2) is 5.28. The summed E-state index contributed by atoms with van der Waals surface area (Å²) in [6, 6.07) is 5.71. The number of carbonyl (C=O) groups is 1. The molecule has 0 radical (unpaired) electrons. The molecule has 6 nitrogen and oxygen atoms in total. The smallest absolute Gasteiger partial charge is 0.310 e. The maximum atomic E-state index is 12.1. The molecule has 1 aliphatic heterocycles. The van der Waals surface area contributed by atoms with Crippen LogP contribution in [0.1, 0.15) is 5.56 Å². The maximum Gasteiger partial charge on any atom is 0.310 e. The van der Waals surface area contributed by atoms with E-state index < -0.39 is 28.0 Å². The Morgan fingerprint density at radius 3 is 2.79 bits per heavy atom. The number of benzene rings is 1. The molecule has 0 spiro atoms. The zero-order valence-electron chi connectivity index (χ0n) is 10.4. The third-order valence-electron chi connectivity index (χ3n) is 3.00. The monoisotopic (exact) mass is 285 g/mol. The van der Waals surface area contributed by atoms with Gasteiger partial charge in [0, 0.05) is 0 Å². The third kappa shape index (κ3) is 3.12. The lowest BCUT2D eigenvalue weighted by Crippen LogP contribution is -2.42. The van der Waals surface area contributed by atoms with Crippen molar-refractivity contribution in [3.05, 3.63) is 29.8 Å². The van der Waals surface area contributed by atoms with Crippen molar-refractivity contribution in [3.63, 3.8) is 0 Å². The van der Waals surface area contributed by atoms with E-state index in [9.17, 15) is 13.2 Å². The predicted molar refractivity (Wildman–Crippen MR) is 67.2 cm³/mol. The molecule has 19 heavy (non-hydrogen) atoms. The number of hydrogen-bond donors (Lipinski definition) is 2. The van der Waals surface area contributed by atoms with Gasteiger partial charge in [-0.15, -0.1) is 0 Å². The van der Waals surface area contributed by atoms with Crippen molar-refractivity contribution >= 4 is 16.0 Å². The van der Waals surface area contributed by atoms with Crippen molar-refractivity contribution in [1.82, 2.24) is 4.72 Å². The fraction of sp³-hybridized carbons (Fsp3) is 0.417. The van der Waals surface area contributed by atoms with E-state index in [4.69, 9.17) is 9.84 Å². The molecule has 0 aliphatic carbocycles. The van der Waals surface area contributed by atoms with Gasteiger partial charge >= 0.3 is 5.97 Å². The van der Waals surface area contributed by atoms with Crippen LogP contribution in [0.2, 0.25) is 0 Å². The highest BCUT2D eigenvalue weighted by Crippen LogP contribution is 2.18. The highest BCUT2D eigenvalue weighted by Gasteiger charge is 2.36. The molecule has 0 saturated carbocycles. The first-order valence-corrected chi connectivity index (χ1v) is 7.28. The van der Waals surface area contributed by atoms with Gasteiger partial charge in [0.05, 0.1) is 30.1 Å². The zero-order chi connectivity index (χ0) is 14.0. The molecule has 1 heterocycles. The Kier molecular flexibility index (Phi) is 3.88. The fourth-order valence-electron chi connectivity index (χ4n) is 1.96. The van der Waals surface area contributed by atoms with Crippen molar-refractivity contribution in [2.45, 2.75) is 17.9 Å². The minimum absolute atomic E-state index is 0.0241. The lowest BCUT2D eigenvalue weighted by molar-refractivity contribution is -0.142. The van der Waals surface area contributed by atoms with Gasteiger partial charge in [0.2, 0.25) is 10.0 Å². The molecular formula is C12H15NO5S. The van der Waals surface area contributed by atoms with Gasteiger partial charge in [0.15, 0.2) is 0 Å². The molecule has 1 aromatic rings. The van der Waals surface area contributed by atoms with Crippen LogP contribution in [0, 0.1) is 12.8 Å². The molecule has 2 rings (SSSR count). The second-order valence-corrected chi connectivity index (χ2v) is 6.24. The summed E-state index contributed by atoms with van der Waals surface area (Å²) in [6.45, 7) is 1.89. The first kappa shape index (κ1) is 14.0. The van der Waals surface area contributed by atoms with Crippen molar-refractivity contribution in [1.29, 1.82) is 0 Å². The van der Waals surface area contributed by atoms with Crippen LogP contribution in [0.25, 0.3) is 0 Å². The van der Waals surface area contributed by atoms with Crippen LogP contribution >= 0.6 is 0 Å². The van der Waals surface area contributed by atoms with Crippen LogP contribution in [0.5, 0.6) is 0 Å². The summed E-state index contributed by atoms with van der Waals surface area (Å²) >= 11 is 0. The van der Waals surface area contributed by atoms with Crippen molar-refractivity contribution in [2.75, 3.05) is 13.2 Å². The maximum absolute atomic E-state index is 12.1. The van der Waals surface area contributed by atoms with Gasteiger partial charge in [-0.25, -0.2) is 13.1 Å². The molecule has 0 aromatic heterocycles.